The number of methoxy groups -OCH3 is 2. The van der Waals surface area contributed by atoms with Crippen molar-refractivity contribution in [2.75, 3.05) is 19.5 Å². The lowest BCUT2D eigenvalue weighted by molar-refractivity contribution is -0.120. The second-order valence-corrected chi connectivity index (χ2v) is 11.1. The molecule has 44 heavy (non-hydrogen) atoms. The number of carbonyl (C=O) groups excluding carboxylic acids is 4. The number of allylic oxidation sites excluding steroid dienone is 4. The van der Waals surface area contributed by atoms with Crippen LogP contribution in [0.15, 0.2) is 81.5 Å². The van der Waals surface area contributed by atoms with Crippen molar-refractivity contribution in [3.8, 4) is 0 Å². The Morgan fingerprint density at radius 3 is 2.50 bits per heavy atom. The maximum atomic E-state index is 13.7. The maximum Gasteiger partial charge on any atom is 0.405 e. The minimum Gasteiger partial charge on any atom is -0.470 e. The van der Waals surface area contributed by atoms with Crippen molar-refractivity contribution in [2.45, 2.75) is 65.0 Å². The van der Waals surface area contributed by atoms with Gasteiger partial charge >= 0.3 is 6.09 Å². The largest absolute Gasteiger partial charge is 0.470 e. The minimum atomic E-state index is -1.01. The van der Waals surface area contributed by atoms with Crippen molar-refractivity contribution < 1.29 is 42.9 Å². The molecule has 5 N–H and O–H groups in total. The number of anilines is 1. The van der Waals surface area contributed by atoms with E-state index in [9.17, 15) is 24.3 Å². The molecule has 3 rings (SSSR count). The molecule has 0 unspecified atom stereocenters. The van der Waals surface area contributed by atoms with Crippen LogP contribution in [0.4, 0.5) is 10.5 Å². The van der Waals surface area contributed by atoms with Crippen LogP contribution in [0.1, 0.15) is 40.5 Å². The average Bonchev–Trinajstić information content (AvgIpc) is 3.49. The van der Waals surface area contributed by atoms with Crippen LogP contribution in [0.5, 0.6) is 0 Å². The number of nitrogens with two attached hydrogens (primary N) is 1. The van der Waals surface area contributed by atoms with Gasteiger partial charge in [-0.25, -0.2) is 4.79 Å². The van der Waals surface area contributed by atoms with E-state index in [1.807, 2.05) is 6.92 Å². The zero-order chi connectivity index (χ0) is 32.6. The summed E-state index contributed by atoms with van der Waals surface area (Å²) in [6.45, 7) is 6.95. The fraction of sp³-hybridized carbons (Fsp3) is 0.438. The van der Waals surface area contributed by atoms with Gasteiger partial charge in [-0.3, -0.25) is 14.4 Å². The topological polar surface area (TPSA) is 179 Å². The molecule has 1 aliphatic heterocycles. The second kappa shape index (κ2) is 15.5. The van der Waals surface area contributed by atoms with Gasteiger partial charge in [0.05, 0.1) is 35.6 Å². The predicted octanol–water partition coefficient (Wildman–Crippen LogP) is 3.47. The van der Waals surface area contributed by atoms with Crippen molar-refractivity contribution in [3.63, 3.8) is 0 Å². The number of amides is 2. The van der Waals surface area contributed by atoms with Gasteiger partial charge in [-0.2, -0.15) is 0 Å². The van der Waals surface area contributed by atoms with Crippen molar-refractivity contribution in [3.05, 3.63) is 77.1 Å². The molecule has 12 nitrogen and oxygen atoms in total. The number of aliphatic hydroxyl groups excluding tert-OH is 1. The van der Waals surface area contributed by atoms with Crippen LogP contribution in [0.3, 0.4) is 0 Å². The molecule has 1 aromatic heterocycles. The Kier molecular flexibility index (Phi) is 12.0. The van der Waals surface area contributed by atoms with E-state index in [1.54, 1.807) is 45.1 Å². The molecule has 0 saturated carbocycles. The summed E-state index contributed by atoms with van der Waals surface area (Å²) in [5.74, 6) is -2.29. The van der Waals surface area contributed by atoms with Gasteiger partial charge in [-0.05, 0) is 44.2 Å². The van der Waals surface area contributed by atoms with Gasteiger partial charge in [0, 0.05) is 37.4 Å². The number of aliphatic hydroxyl groups is 1. The van der Waals surface area contributed by atoms with E-state index in [1.165, 1.54) is 32.8 Å². The van der Waals surface area contributed by atoms with Crippen molar-refractivity contribution in [1.29, 1.82) is 0 Å². The first kappa shape index (κ1) is 34.2. The number of primary amides is 1. The van der Waals surface area contributed by atoms with Gasteiger partial charge in [0.15, 0.2) is 6.10 Å². The van der Waals surface area contributed by atoms with Gasteiger partial charge in [0.25, 0.3) is 5.91 Å². The predicted molar refractivity (Wildman–Crippen MR) is 162 cm³/mol. The van der Waals surface area contributed by atoms with Crippen LogP contribution >= 0.6 is 0 Å². The summed E-state index contributed by atoms with van der Waals surface area (Å²) in [4.78, 5) is 51.8. The first-order chi connectivity index (χ1) is 20.9. The smallest absolute Gasteiger partial charge is 0.405 e. The first-order valence-corrected chi connectivity index (χ1v) is 14.2. The molecular formula is C32H41N3O9. The molecule has 2 bridgehead atoms. The number of hydrogen-bond donors (Lipinski definition) is 4. The number of furan rings is 1. The molecule has 0 radical (unpaired) electrons. The SMILES string of the molecule is CO[C@@H]1/C=C\C=C(/C)C(=O)NC2=CC(=O)C(Nc3ccoc3)=C(C[C@@H](C)C[C@@H](OC)[C@@H](O)[C@H](C)/C=C(\C)[C@H]1OC(N)=O)C2=O. The number of fused-ring (bicyclic) bond motifs is 2. The number of hydrogen-bond acceptors (Lipinski definition) is 10. The fourth-order valence-corrected chi connectivity index (χ4v) is 5.20. The van der Waals surface area contributed by atoms with Gasteiger partial charge in [0.2, 0.25) is 11.6 Å². The van der Waals surface area contributed by atoms with Crippen LogP contribution in [0.2, 0.25) is 0 Å². The molecule has 0 fully saturated rings. The zero-order valence-electron chi connectivity index (χ0n) is 25.8. The lowest BCUT2D eigenvalue weighted by Gasteiger charge is -2.30. The summed E-state index contributed by atoms with van der Waals surface area (Å²) >= 11 is 0. The van der Waals surface area contributed by atoms with Gasteiger partial charge in [-0.15, -0.1) is 0 Å². The van der Waals surface area contributed by atoms with Gasteiger partial charge < -0.3 is 40.1 Å². The summed E-state index contributed by atoms with van der Waals surface area (Å²) in [7, 11) is 2.91. The van der Waals surface area contributed by atoms with Crippen molar-refractivity contribution in [1.82, 2.24) is 5.32 Å². The molecule has 0 aromatic carbocycles. The van der Waals surface area contributed by atoms with Crippen molar-refractivity contribution in [2.24, 2.45) is 17.6 Å². The average molecular weight is 612 g/mol. The number of Topliss-reactive ketones (excluding diaryl/α,β-unsaturated/α-hetero) is 1. The zero-order valence-corrected chi connectivity index (χ0v) is 25.8. The van der Waals surface area contributed by atoms with E-state index in [0.717, 1.165) is 6.08 Å². The maximum absolute atomic E-state index is 13.7. The molecule has 0 saturated heterocycles. The van der Waals surface area contributed by atoms with Gasteiger partial charge in [0.1, 0.15) is 12.4 Å². The normalized spacial score (nSPS) is 30.8. The van der Waals surface area contributed by atoms with E-state index >= 15 is 0 Å². The van der Waals surface area contributed by atoms with Crippen molar-refractivity contribution >= 4 is 29.3 Å². The highest BCUT2D eigenvalue weighted by Gasteiger charge is 2.33. The van der Waals surface area contributed by atoms with Crippen LogP contribution in [0.25, 0.3) is 0 Å². The van der Waals surface area contributed by atoms with E-state index < -0.39 is 53.9 Å². The molecule has 2 aliphatic rings. The second-order valence-electron chi connectivity index (χ2n) is 11.1. The molecule has 1 aromatic rings. The number of ketones is 2. The van der Waals surface area contributed by atoms with Gasteiger partial charge in [-0.1, -0.05) is 38.2 Å². The molecule has 1 aliphatic carbocycles. The summed E-state index contributed by atoms with van der Waals surface area (Å²) in [5, 5.41) is 16.8. The molecule has 12 heteroatoms. The Bertz CT molecular complexity index is 1390. The molecule has 238 valence electrons. The number of nitrogens with one attached hydrogen (secondary N) is 2. The summed E-state index contributed by atoms with van der Waals surface area (Å²) in [6.07, 6.45) is 6.44. The van der Waals surface area contributed by atoms with Crippen LogP contribution < -0.4 is 16.4 Å². The Hall–Kier alpha value is -4.26. The van der Waals surface area contributed by atoms with Crippen LogP contribution in [0, 0.1) is 11.8 Å². The number of rotatable bonds is 5. The first-order valence-electron chi connectivity index (χ1n) is 14.2. The third-order valence-electron chi connectivity index (χ3n) is 7.58. The monoisotopic (exact) mass is 611 g/mol. The lowest BCUT2D eigenvalue weighted by atomic mass is 9.85. The minimum absolute atomic E-state index is 0.0786. The third kappa shape index (κ3) is 8.65. The summed E-state index contributed by atoms with van der Waals surface area (Å²) < 4.78 is 21.7. The quantitative estimate of drug-likeness (QED) is 0.284. The highest BCUT2D eigenvalue weighted by molar-refractivity contribution is 6.24. The highest BCUT2D eigenvalue weighted by atomic mass is 16.6. The fourth-order valence-electron chi connectivity index (χ4n) is 5.20. The van der Waals surface area contributed by atoms with Crippen LogP contribution in [-0.4, -0.2) is 67.3 Å². The standard InChI is InChI=1S/C32H41N3O9/c1-17-12-22-27(34-21-10-11-43-16-21)24(36)15-23(29(22)38)35-31(39)18(2)8-7-9-25(41-5)30(44-32(33)40)20(4)14-19(3)28(37)26(13-17)42-6/h7-11,14-17,19,25-26,28,30,34,37H,12-13H2,1-6H3,(H2,33,40)(H,35,39)/b9-7-,18-8+,20-14+/t17-,19-,25-,26-,28+,30-/m1/s1. The number of ether oxygens (including phenoxy) is 3. The molecule has 2 amide bonds. The Labute approximate surface area is 256 Å². The molecule has 2 heterocycles. The third-order valence-corrected chi connectivity index (χ3v) is 7.58. The Morgan fingerprint density at radius 2 is 1.89 bits per heavy atom. The summed E-state index contributed by atoms with van der Waals surface area (Å²) in [5.41, 5.74) is 6.75. The lowest BCUT2D eigenvalue weighted by Crippen LogP contribution is -2.37. The van der Waals surface area contributed by atoms with E-state index in [0.29, 0.717) is 17.7 Å². The Morgan fingerprint density at radius 1 is 1.16 bits per heavy atom. The Balaban J connectivity index is 2.08. The number of carbonyl (C=O) groups is 4. The molecule has 0 spiro atoms. The van der Waals surface area contributed by atoms with E-state index in [4.69, 9.17) is 24.4 Å². The van der Waals surface area contributed by atoms with E-state index in [2.05, 4.69) is 10.6 Å². The summed E-state index contributed by atoms with van der Waals surface area (Å²) in [6, 6.07) is 1.61. The highest BCUT2D eigenvalue weighted by Crippen LogP contribution is 2.30. The van der Waals surface area contributed by atoms with Crippen LogP contribution in [-0.2, 0) is 28.6 Å². The van der Waals surface area contributed by atoms with E-state index in [-0.39, 0.29) is 34.9 Å². The molecular weight excluding hydrogens is 570 g/mol. The molecule has 6 atom stereocenters.